The Labute approximate surface area is 171 Å². The number of nitrogens with one attached hydrogen (secondary N) is 2. The van der Waals surface area contributed by atoms with E-state index in [0.717, 1.165) is 35.8 Å². The number of carbonyl (C=O) groups excluding carboxylic acids is 1. The van der Waals surface area contributed by atoms with E-state index in [0.29, 0.717) is 11.5 Å². The number of amides is 1. The molecule has 1 saturated heterocycles. The molecule has 6 heteroatoms. The van der Waals surface area contributed by atoms with Gasteiger partial charge in [0.15, 0.2) is 0 Å². The van der Waals surface area contributed by atoms with Gasteiger partial charge in [0.2, 0.25) is 0 Å². The molecule has 2 aromatic carbocycles. The highest BCUT2D eigenvalue weighted by Gasteiger charge is 2.27. The van der Waals surface area contributed by atoms with Gasteiger partial charge in [0.25, 0.3) is 5.91 Å². The van der Waals surface area contributed by atoms with Crippen molar-refractivity contribution in [3.8, 4) is 0 Å². The molecule has 142 valence electrons. The first-order chi connectivity index (χ1) is 12.3. The molecule has 1 amide bonds. The van der Waals surface area contributed by atoms with E-state index >= 15 is 0 Å². The Bertz CT molecular complexity index is 883. The minimum absolute atomic E-state index is 0. The summed E-state index contributed by atoms with van der Waals surface area (Å²) in [5.41, 5.74) is 1.85. The summed E-state index contributed by atoms with van der Waals surface area (Å²) in [6, 6.07) is 18.0. The predicted octanol–water partition coefficient (Wildman–Crippen LogP) is 4.16. The fourth-order valence-corrected chi connectivity index (χ4v) is 3.54. The molecule has 2 atom stereocenters. The number of hydrogen-bond donors (Lipinski definition) is 2. The summed E-state index contributed by atoms with van der Waals surface area (Å²) in [7, 11) is 0. The molecule has 1 aliphatic rings. The van der Waals surface area contributed by atoms with Crippen molar-refractivity contribution in [2.45, 2.75) is 12.5 Å². The quantitative estimate of drug-likeness (QED) is 0.687. The van der Waals surface area contributed by atoms with Gasteiger partial charge in [0.1, 0.15) is 0 Å². The molecule has 0 aliphatic carbocycles. The molecule has 27 heavy (non-hydrogen) atoms. The van der Waals surface area contributed by atoms with E-state index < -0.39 is 0 Å². The minimum atomic E-state index is -0.0283. The largest absolute Gasteiger partial charge is 0.345 e. The summed E-state index contributed by atoms with van der Waals surface area (Å²) in [6.45, 7) is 1.94. The SMILES string of the molecule is Cl.Cl.O=C(N[C@H](c1ccccc1)[C@H]1CCNC1)c1ccc2cnccc2c1. The summed E-state index contributed by atoms with van der Waals surface area (Å²) in [5.74, 6) is 0.385. The number of hydrogen-bond acceptors (Lipinski definition) is 3. The van der Waals surface area contributed by atoms with Gasteiger partial charge < -0.3 is 10.6 Å². The molecule has 4 rings (SSSR count). The van der Waals surface area contributed by atoms with Gasteiger partial charge in [-0.3, -0.25) is 9.78 Å². The lowest BCUT2D eigenvalue weighted by Gasteiger charge is -2.25. The number of benzene rings is 2. The predicted molar refractivity (Wildman–Crippen MR) is 114 cm³/mol. The number of rotatable bonds is 4. The topological polar surface area (TPSA) is 54.0 Å². The lowest BCUT2D eigenvalue weighted by atomic mass is 9.92. The molecule has 2 heterocycles. The fourth-order valence-electron chi connectivity index (χ4n) is 3.54. The number of nitrogens with zero attached hydrogens (tertiary/aromatic N) is 1. The van der Waals surface area contributed by atoms with Crippen molar-refractivity contribution in [2.75, 3.05) is 13.1 Å². The zero-order chi connectivity index (χ0) is 17.1. The Kier molecular flexibility index (Phi) is 7.60. The maximum atomic E-state index is 12.9. The lowest BCUT2D eigenvalue weighted by molar-refractivity contribution is 0.0924. The third-order valence-electron chi connectivity index (χ3n) is 4.92. The summed E-state index contributed by atoms with van der Waals surface area (Å²) >= 11 is 0. The summed E-state index contributed by atoms with van der Waals surface area (Å²) in [6.07, 6.45) is 4.64. The third-order valence-corrected chi connectivity index (χ3v) is 4.92. The Hall–Kier alpha value is -2.14. The van der Waals surface area contributed by atoms with Gasteiger partial charge in [-0.2, -0.15) is 0 Å². The first-order valence-corrected chi connectivity index (χ1v) is 8.71. The van der Waals surface area contributed by atoms with Crippen LogP contribution in [0.4, 0.5) is 0 Å². The number of pyridine rings is 1. The van der Waals surface area contributed by atoms with Crippen molar-refractivity contribution in [2.24, 2.45) is 5.92 Å². The third kappa shape index (κ3) is 4.78. The van der Waals surface area contributed by atoms with Gasteiger partial charge in [-0.1, -0.05) is 36.4 Å². The van der Waals surface area contributed by atoms with E-state index in [1.807, 2.05) is 48.7 Å². The smallest absolute Gasteiger partial charge is 0.251 e. The molecule has 1 fully saturated rings. The zero-order valence-electron chi connectivity index (χ0n) is 14.8. The molecule has 0 radical (unpaired) electrons. The van der Waals surface area contributed by atoms with Crippen LogP contribution in [0.3, 0.4) is 0 Å². The van der Waals surface area contributed by atoms with Crippen LogP contribution >= 0.6 is 24.8 Å². The molecule has 1 aliphatic heterocycles. The van der Waals surface area contributed by atoms with Gasteiger partial charge in [-0.05, 0) is 48.0 Å². The normalized spacial score (nSPS) is 16.8. The Morgan fingerprint density at radius 3 is 2.63 bits per heavy atom. The molecule has 0 spiro atoms. The highest BCUT2D eigenvalue weighted by atomic mass is 35.5. The standard InChI is InChI=1S/C21H21N3O.2ClH/c25-21(17-6-7-18-13-22-10-8-16(18)12-17)24-20(19-9-11-23-14-19)15-4-2-1-3-5-15;;/h1-8,10,12-13,19-20,23H,9,11,14H2,(H,24,25);2*1H/t19-,20+;;/m0../s1. The average Bonchev–Trinajstić information content (AvgIpc) is 3.20. The van der Waals surface area contributed by atoms with Crippen LogP contribution in [-0.4, -0.2) is 24.0 Å². The van der Waals surface area contributed by atoms with Crippen molar-refractivity contribution in [1.29, 1.82) is 0 Å². The first-order valence-electron chi connectivity index (χ1n) is 8.71. The van der Waals surface area contributed by atoms with Crippen molar-refractivity contribution < 1.29 is 4.79 Å². The molecule has 0 unspecified atom stereocenters. The maximum absolute atomic E-state index is 12.9. The Balaban J connectivity index is 0.00000131. The van der Waals surface area contributed by atoms with Gasteiger partial charge in [-0.15, -0.1) is 24.8 Å². The van der Waals surface area contributed by atoms with E-state index in [-0.39, 0.29) is 36.8 Å². The van der Waals surface area contributed by atoms with E-state index in [4.69, 9.17) is 0 Å². The Morgan fingerprint density at radius 2 is 1.89 bits per heavy atom. The van der Waals surface area contributed by atoms with Gasteiger partial charge in [0.05, 0.1) is 6.04 Å². The number of halogens is 2. The van der Waals surface area contributed by atoms with Crippen molar-refractivity contribution in [3.63, 3.8) is 0 Å². The van der Waals surface area contributed by atoms with Crippen LogP contribution in [0, 0.1) is 5.92 Å². The highest BCUT2D eigenvalue weighted by Crippen LogP contribution is 2.27. The summed E-state index contributed by atoms with van der Waals surface area (Å²) < 4.78 is 0. The fraction of sp³-hybridized carbons (Fsp3) is 0.238. The molecule has 3 aromatic rings. The molecule has 1 aromatic heterocycles. The molecular formula is C21H23Cl2N3O. The monoisotopic (exact) mass is 403 g/mol. The molecule has 2 N–H and O–H groups in total. The number of carbonyl (C=O) groups is 1. The Morgan fingerprint density at radius 1 is 1.07 bits per heavy atom. The van der Waals surface area contributed by atoms with E-state index in [2.05, 4.69) is 27.8 Å². The number of fused-ring (bicyclic) bond motifs is 1. The van der Waals surface area contributed by atoms with Crippen LogP contribution < -0.4 is 10.6 Å². The van der Waals surface area contributed by atoms with Crippen LogP contribution in [0.25, 0.3) is 10.8 Å². The summed E-state index contributed by atoms with van der Waals surface area (Å²) in [5, 5.41) is 8.73. The number of aromatic nitrogens is 1. The molecule has 4 nitrogen and oxygen atoms in total. The minimum Gasteiger partial charge on any atom is -0.345 e. The van der Waals surface area contributed by atoms with Crippen LogP contribution in [0.5, 0.6) is 0 Å². The van der Waals surface area contributed by atoms with Crippen molar-refractivity contribution >= 4 is 41.5 Å². The first kappa shape index (κ1) is 21.2. The second-order valence-corrected chi connectivity index (χ2v) is 6.55. The van der Waals surface area contributed by atoms with Crippen molar-refractivity contribution in [3.05, 3.63) is 78.1 Å². The maximum Gasteiger partial charge on any atom is 0.251 e. The second-order valence-electron chi connectivity index (χ2n) is 6.55. The molecule has 0 bridgehead atoms. The second kappa shape index (κ2) is 9.70. The van der Waals surface area contributed by atoms with E-state index in [1.165, 1.54) is 0 Å². The molecular weight excluding hydrogens is 381 g/mol. The lowest BCUT2D eigenvalue weighted by Crippen LogP contribution is -2.34. The zero-order valence-corrected chi connectivity index (χ0v) is 16.4. The van der Waals surface area contributed by atoms with E-state index in [9.17, 15) is 4.79 Å². The van der Waals surface area contributed by atoms with Gasteiger partial charge in [-0.25, -0.2) is 0 Å². The van der Waals surface area contributed by atoms with Crippen LogP contribution in [-0.2, 0) is 0 Å². The van der Waals surface area contributed by atoms with Crippen LogP contribution in [0.2, 0.25) is 0 Å². The summed E-state index contributed by atoms with van der Waals surface area (Å²) in [4.78, 5) is 17.0. The average molecular weight is 404 g/mol. The van der Waals surface area contributed by atoms with Gasteiger partial charge >= 0.3 is 0 Å². The van der Waals surface area contributed by atoms with Gasteiger partial charge in [0, 0.05) is 29.9 Å². The van der Waals surface area contributed by atoms with E-state index in [1.54, 1.807) is 6.20 Å². The van der Waals surface area contributed by atoms with Crippen LogP contribution in [0.15, 0.2) is 67.0 Å². The highest BCUT2D eigenvalue weighted by molar-refractivity contribution is 5.98. The van der Waals surface area contributed by atoms with Crippen molar-refractivity contribution in [1.82, 2.24) is 15.6 Å². The molecule has 0 saturated carbocycles. The van der Waals surface area contributed by atoms with Crippen LogP contribution in [0.1, 0.15) is 28.4 Å².